The number of hydrogen-bond donors (Lipinski definition) is 1. The number of nitrogens with one attached hydrogen (secondary N) is 1. The lowest BCUT2D eigenvalue weighted by atomic mass is 9.74. The van der Waals surface area contributed by atoms with Gasteiger partial charge in [-0.1, -0.05) is 0 Å². The third-order valence-electron chi connectivity index (χ3n) is 4.65. The van der Waals surface area contributed by atoms with Gasteiger partial charge in [-0.3, -0.25) is 4.90 Å². The van der Waals surface area contributed by atoms with Gasteiger partial charge in [0.25, 0.3) is 0 Å². The molecule has 3 rings (SSSR count). The van der Waals surface area contributed by atoms with Crippen molar-refractivity contribution in [3.63, 3.8) is 0 Å². The highest BCUT2D eigenvalue weighted by Crippen LogP contribution is 2.36. The summed E-state index contributed by atoms with van der Waals surface area (Å²) in [5.74, 6) is 0. The molecule has 4 heteroatoms. The smallest absolute Gasteiger partial charge is 0.140 e. The molecule has 106 valence electrons. The van der Waals surface area contributed by atoms with Gasteiger partial charge in [0.05, 0.1) is 0 Å². The summed E-state index contributed by atoms with van der Waals surface area (Å²) in [5, 5.41) is 12.5. The molecule has 1 aromatic rings. The molecule has 1 unspecified atom stereocenters. The highest BCUT2D eigenvalue weighted by Gasteiger charge is 2.36. The highest BCUT2D eigenvalue weighted by atomic mass is 15.1. The molecule has 4 nitrogen and oxygen atoms in total. The number of nitriles is 1. The molecule has 3 heterocycles. The maximum absolute atomic E-state index is 8.93. The average molecular weight is 270 g/mol. The van der Waals surface area contributed by atoms with Crippen LogP contribution in [-0.2, 0) is 6.54 Å². The van der Waals surface area contributed by atoms with Gasteiger partial charge in [0, 0.05) is 25.8 Å². The lowest BCUT2D eigenvalue weighted by molar-refractivity contribution is 0.0600. The normalized spacial score (nSPS) is 27.4. The van der Waals surface area contributed by atoms with Crippen LogP contribution in [0.3, 0.4) is 0 Å². The summed E-state index contributed by atoms with van der Waals surface area (Å²) >= 11 is 0. The Morgan fingerprint density at radius 1 is 1.40 bits per heavy atom. The number of nitrogens with zero attached hydrogens (tertiary/aromatic N) is 3. The predicted octanol–water partition coefficient (Wildman–Crippen LogP) is 1.92. The zero-order chi connectivity index (χ0) is 13.8. The molecule has 1 atom stereocenters. The molecule has 1 aromatic heterocycles. The van der Waals surface area contributed by atoms with Crippen molar-refractivity contribution in [3.05, 3.63) is 29.6 Å². The van der Waals surface area contributed by atoms with Crippen molar-refractivity contribution in [1.29, 1.82) is 5.26 Å². The van der Waals surface area contributed by atoms with Crippen molar-refractivity contribution < 1.29 is 0 Å². The van der Waals surface area contributed by atoms with Gasteiger partial charge in [0.15, 0.2) is 0 Å². The molecular formula is C16H22N4. The van der Waals surface area contributed by atoms with Gasteiger partial charge in [0.1, 0.15) is 11.8 Å². The molecule has 2 fully saturated rings. The molecule has 0 aromatic carbocycles. The number of pyridine rings is 1. The molecular weight excluding hydrogens is 248 g/mol. The van der Waals surface area contributed by atoms with Crippen molar-refractivity contribution in [2.24, 2.45) is 5.41 Å². The summed E-state index contributed by atoms with van der Waals surface area (Å²) in [6, 6.07) is 6.07. The number of aromatic nitrogens is 1. The molecule has 0 bridgehead atoms. The zero-order valence-corrected chi connectivity index (χ0v) is 11.9. The second-order valence-electron chi connectivity index (χ2n) is 6.26. The Balaban J connectivity index is 1.66. The second-order valence-corrected chi connectivity index (χ2v) is 6.26. The molecule has 2 aliphatic rings. The van der Waals surface area contributed by atoms with E-state index in [4.69, 9.17) is 5.26 Å². The van der Waals surface area contributed by atoms with Gasteiger partial charge in [-0.05, 0) is 61.9 Å². The van der Waals surface area contributed by atoms with Crippen LogP contribution in [0.25, 0.3) is 0 Å². The second kappa shape index (κ2) is 5.90. The van der Waals surface area contributed by atoms with Gasteiger partial charge in [0.2, 0.25) is 0 Å². The van der Waals surface area contributed by atoms with Crippen LogP contribution in [0.1, 0.15) is 36.9 Å². The lowest BCUT2D eigenvalue weighted by Crippen LogP contribution is -2.50. The SMILES string of the molecule is N#Cc1cc(CN2CCCC3(CCCNC3)C2)ccn1. The van der Waals surface area contributed by atoms with Crippen LogP contribution in [-0.4, -0.2) is 36.1 Å². The number of rotatable bonds is 2. The fourth-order valence-electron chi connectivity index (χ4n) is 3.72. The van der Waals surface area contributed by atoms with E-state index >= 15 is 0 Å². The number of piperidine rings is 2. The maximum Gasteiger partial charge on any atom is 0.140 e. The minimum absolute atomic E-state index is 0.488. The molecule has 2 aliphatic heterocycles. The van der Waals surface area contributed by atoms with Crippen LogP contribution >= 0.6 is 0 Å². The van der Waals surface area contributed by atoms with Crippen molar-refractivity contribution in [3.8, 4) is 6.07 Å². The van der Waals surface area contributed by atoms with Gasteiger partial charge in [-0.15, -0.1) is 0 Å². The fourth-order valence-corrected chi connectivity index (χ4v) is 3.72. The molecule has 20 heavy (non-hydrogen) atoms. The first-order valence-electron chi connectivity index (χ1n) is 7.58. The van der Waals surface area contributed by atoms with E-state index in [1.165, 1.54) is 57.4 Å². The summed E-state index contributed by atoms with van der Waals surface area (Å²) in [6.45, 7) is 5.65. The van der Waals surface area contributed by atoms with E-state index in [1.807, 2.05) is 12.1 Å². The highest BCUT2D eigenvalue weighted by molar-refractivity contribution is 5.25. The van der Waals surface area contributed by atoms with E-state index in [-0.39, 0.29) is 0 Å². The molecule has 0 aliphatic carbocycles. The molecule has 1 N–H and O–H groups in total. The fraction of sp³-hybridized carbons (Fsp3) is 0.625. The lowest BCUT2D eigenvalue weighted by Gasteiger charge is -2.45. The van der Waals surface area contributed by atoms with E-state index in [1.54, 1.807) is 6.20 Å². The van der Waals surface area contributed by atoms with Crippen LogP contribution in [0.2, 0.25) is 0 Å². The first-order chi connectivity index (χ1) is 9.80. The van der Waals surface area contributed by atoms with Gasteiger partial charge in [-0.25, -0.2) is 4.98 Å². The van der Waals surface area contributed by atoms with Crippen LogP contribution in [0.15, 0.2) is 18.3 Å². The summed E-state index contributed by atoms with van der Waals surface area (Å²) in [7, 11) is 0. The Labute approximate surface area is 120 Å². The van der Waals surface area contributed by atoms with Crippen LogP contribution < -0.4 is 5.32 Å². The Morgan fingerprint density at radius 3 is 3.10 bits per heavy atom. The third-order valence-corrected chi connectivity index (χ3v) is 4.65. The molecule has 0 saturated carbocycles. The molecule has 0 radical (unpaired) electrons. The molecule has 2 saturated heterocycles. The van der Waals surface area contributed by atoms with E-state index in [0.29, 0.717) is 11.1 Å². The predicted molar refractivity (Wildman–Crippen MR) is 78.0 cm³/mol. The summed E-state index contributed by atoms with van der Waals surface area (Å²) in [5.41, 5.74) is 2.22. The van der Waals surface area contributed by atoms with Gasteiger partial charge < -0.3 is 5.32 Å². The van der Waals surface area contributed by atoms with E-state index < -0.39 is 0 Å². The topological polar surface area (TPSA) is 52.0 Å². The van der Waals surface area contributed by atoms with E-state index in [9.17, 15) is 0 Å². The number of hydrogen-bond acceptors (Lipinski definition) is 4. The quantitative estimate of drug-likeness (QED) is 0.892. The van der Waals surface area contributed by atoms with Crippen LogP contribution in [0.5, 0.6) is 0 Å². The summed E-state index contributed by atoms with van der Waals surface area (Å²) in [6.07, 6.45) is 7.06. The molecule has 0 amide bonds. The monoisotopic (exact) mass is 270 g/mol. The Morgan fingerprint density at radius 2 is 2.30 bits per heavy atom. The van der Waals surface area contributed by atoms with Gasteiger partial charge in [-0.2, -0.15) is 5.26 Å². The van der Waals surface area contributed by atoms with Crippen molar-refractivity contribution in [2.75, 3.05) is 26.2 Å². The van der Waals surface area contributed by atoms with Crippen molar-refractivity contribution in [2.45, 2.75) is 32.2 Å². The van der Waals surface area contributed by atoms with E-state index in [0.717, 1.165) is 6.54 Å². The minimum Gasteiger partial charge on any atom is -0.316 e. The van der Waals surface area contributed by atoms with E-state index in [2.05, 4.69) is 21.3 Å². The number of likely N-dealkylation sites (tertiary alicyclic amines) is 1. The minimum atomic E-state index is 0.488. The summed E-state index contributed by atoms with van der Waals surface area (Å²) < 4.78 is 0. The Hall–Kier alpha value is -1.44. The van der Waals surface area contributed by atoms with Crippen molar-refractivity contribution in [1.82, 2.24) is 15.2 Å². The molecule has 1 spiro atoms. The average Bonchev–Trinajstić information content (AvgIpc) is 2.48. The van der Waals surface area contributed by atoms with Crippen molar-refractivity contribution >= 4 is 0 Å². The third kappa shape index (κ3) is 3.00. The van der Waals surface area contributed by atoms with Crippen LogP contribution in [0.4, 0.5) is 0 Å². The largest absolute Gasteiger partial charge is 0.316 e. The first-order valence-corrected chi connectivity index (χ1v) is 7.58. The first kappa shape index (κ1) is 13.5. The Kier molecular flexibility index (Phi) is 4.00. The van der Waals surface area contributed by atoms with Gasteiger partial charge >= 0.3 is 0 Å². The zero-order valence-electron chi connectivity index (χ0n) is 11.9. The summed E-state index contributed by atoms with van der Waals surface area (Å²) in [4.78, 5) is 6.59. The van der Waals surface area contributed by atoms with Crippen LogP contribution in [0, 0.1) is 16.7 Å². The Bertz CT molecular complexity index is 494. The standard InChI is InChI=1S/C16H22N4/c17-10-15-9-14(3-7-19-15)11-20-8-2-5-16(13-20)4-1-6-18-12-16/h3,7,9,18H,1-2,4-6,8,11-13H2. The maximum atomic E-state index is 8.93.